The zero-order chi connectivity index (χ0) is 21.2. The second kappa shape index (κ2) is 7.79. The lowest BCUT2D eigenvalue weighted by atomic mass is 10.1. The molecule has 0 saturated carbocycles. The van der Waals surface area contributed by atoms with E-state index in [9.17, 15) is 4.79 Å². The van der Waals surface area contributed by atoms with Crippen molar-refractivity contribution in [2.45, 2.75) is 6.92 Å². The Kier molecular flexibility index (Phi) is 4.68. The lowest BCUT2D eigenvalue weighted by Crippen LogP contribution is -2.12. The quantitative estimate of drug-likeness (QED) is 0.422. The van der Waals surface area contributed by atoms with Crippen LogP contribution < -0.4 is 5.32 Å². The summed E-state index contributed by atoms with van der Waals surface area (Å²) in [6, 6.07) is 20.7. The number of rotatable bonds is 5. The van der Waals surface area contributed by atoms with Crippen LogP contribution in [-0.4, -0.2) is 20.7 Å². The minimum Gasteiger partial charge on any atom is -0.460 e. The molecule has 0 aliphatic heterocycles. The van der Waals surface area contributed by atoms with Crippen LogP contribution >= 0.6 is 0 Å². The second-order valence-electron chi connectivity index (χ2n) is 6.98. The summed E-state index contributed by atoms with van der Waals surface area (Å²) in [5.74, 6) is 1.61. The highest BCUT2D eigenvalue weighted by atomic mass is 16.3. The molecule has 0 bridgehead atoms. The maximum atomic E-state index is 13.2. The van der Waals surface area contributed by atoms with Gasteiger partial charge in [-0.25, -0.2) is 9.67 Å². The van der Waals surface area contributed by atoms with Crippen molar-refractivity contribution < 1.29 is 13.6 Å². The van der Waals surface area contributed by atoms with E-state index < -0.39 is 0 Å². The first kappa shape index (κ1) is 18.6. The number of carbonyl (C=O) groups excluding carboxylic acids is 1. The second-order valence-corrected chi connectivity index (χ2v) is 6.98. The third kappa shape index (κ3) is 3.76. The van der Waals surface area contributed by atoms with Gasteiger partial charge >= 0.3 is 0 Å². The maximum absolute atomic E-state index is 13.2. The molecule has 0 radical (unpaired) electrons. The summed E-state index contributed by atoms with van der Waals surface area (Å²) in [5, 5.41) is 7.57. The molecule has 2 aromatic carbocycles. The van der Waals surface area contributed by atoms with Gasteiger partial charge < -0.3 is 14.2 Å². The fraction of sp³-hybridized carbons (Fsp3) is 0.0417. The molecule has 0 aliphatic rings. The zero-order valence-electron chi connectivity index (χ0n) is 16.6. The number of nitrogens with zero attached hydrogens (tertiary/aromatic N) is 3. The minimum atomic E-state index is -0.291. The number of carbonyl (C=O) groups is 1. The van der Waals surface area contributed by atoms with Crippen molar-refractivity contribution in [1.82, 2.24) is 14.8 Å². The topological polar surface area (TPSA) is 86.1 Å². The molecular weight excluding hydrogens is 392 g/mol. The van der Waals surface area contributed by atoms with Crippen molar-refractivity contribution in [3.05, 3.63) is 96.8 Å². The first-order valence-electron chi connectivity index (χ1n) is 9.69. The number of aryl methyl sites for hydroxylation is 1. The van der Waals surface area contributed by atoms with E-state index in [0.717, 1.165) is 17.0 Å². The first-order valence-corrected chi connectivity index (χ1v) is 9.69. The van der Waals surface area contributed by atoms with Crippen LogP contribution in [0.5, 0.6) is 0 Å². The van der Waals surface area contributed by atoms with Crippen molar-refractivity contribution in [3.63, 3.8) is 0 Å². The highest BCUT2D eigenvalue weighted by molar-refractivity contribution is 6.08. The van der Waals surface area contributed by atoms with Gasteiger partial charge in [0.1, 0.15) is 11.5 Å². The van der Waals surface area contributed by atoms with Crippen LogP contribution in [0.15, 0.2) is 94.4 Å². The molecule has 7 heteroatoms. The number of nitrogens with one attached hydrogen (secondary N) is 1. The first-order chi connectivity index (χ1) is 15.2. The zero-order valence-corrected chi connectivity index (χ0v) is 16.6. The van der Waals surface area contributed by atoms with E-state index in [0.29, 0.717) is 28.5 Å². The van der Waals surface area contributed by atoms with Gasteiger partial charge in [-0.2, -0.15) is 5.10 Å². The van der Waals surface area contributed by atoms with E-state index in [4.69, 9.17) is 8.83 Å². The molecule has 7 nitrogen and oxygen atoms in total. The van der Waals surface area contributed by atoms with E-state index in [1.807, 2.05) is 73.7 Å². The third-order valence-electron chi connectivity index (χ3n) is 4.79. The molecule has 0 spiro atoms. The van der Waals surface area contributed by atoms with Gasteiger partial charge in [-0.1, -0.05) is 30.3 Å². The average Bonchev–Trinajstić information content (AvgIpc) is 3.55. The summed E-state index contributed by atoms with van der Waals surface area (Å²) < 4.78 is 12.8. The molecule has 3 heterocycles. The SMILES string of the molecule is Cc1ccc(-c2nn(-c3ccccc3)cc2C(=O)Nc2cccc(-c3cnco3)c2)o1. The van der Waals surface area contributed by atoms with Crippen molar-refractivity contribution in [2.75, 3.05) is 5.32 Å². The molecule has 1 N–H and O–H groups in total. The standard InChI is InChI=1S/C24H18N4O3/c1-16-10-11-21(31-16)23-20(14-28(27-23)19-8-3-2-4-9-19)24(29)26-18-7-5-6-17(12-18)22-13-25-15-30-22/h2-15H,1H3,(H,26,29). The Labute approximate surface area is 178 Å². The van der Waals surface area contributed by atoms with E-state index in [1.165, 1.54) is 6.39 Å². The molecule has 5 rings (SSSR count). The smallest absolute Gasteiger partial charge is 0.259 e. The van der Waals surface area contributed by atoms with Gasteiger partial charge in [0.2, 0.25) is 0 Å². The van der Waals surface area contributed by atoms with Crippen LogP contribution in [0.25, 0.3) is 28.5 Å². The molecule has 0 fully saturated rings. The molecule has 3 aromatic heterocycles. The minimum absolute atomic E-state index is 0.291. The average molecular weight is 410 g/mol. The predicted molar refractivity (Wildman–Crippen MR) is 116 cm³/mol. The molecule has 0 saturated heterocycles. The number of hydrogen-bond donors (Lipinski definition) is 1. The van der Waals surface area contributed by atoms with E-state index in [-0.39, 0.29) is 5.91 Å². The van der Waals surface area contributed by atoms with Gasteiger partial charge in [0.15, 0.2) is 17.9 Å². The van der Waals surface area contributed by atoms with E-state index in [2.05, 4.69) is 15.4 Å². The van der Waals surface area contributed by atoms with Crippen molar-refractivity contribution >= 4 is 11.6 Å². The van der Waals surface area contributed by atoms with Crippen molar-refractivity contribution in [2.24, 2.45) is 0 Å². The third-order valence-corrected chi connectivity index (χ3v) is 4.79. The van der Waals surface area contributed by atoms with Crippen LogP contribution in [0.1, 0.15) is 16.1 Å². The Hall–Kier alpha value is -4.39. The van der Waals surface area contributed by atoms with Gasteiger partial charge in [0.05, 0.1) is 17.4 Å². The summed E-state index contributed by atoms with van der Waals surface area (Å²) >= 11 is 0. The number of benzene rings is 2. The van der Waals surface area contributed by atoms with Crippen LogP contribution in [0.3, 0.4) is 0 Å². The van der Waals surface area contributed by atoms with Gasteiger partial charge in [-0.05, 0) is 43.3 Å². The number of furan rings is 1. The van der Waals surface area contributed by atoms with Crippen molar-refractivity contribution in [1.29, 1.82) is 0 Å². The van der Waals surface area contributed by atoms with E-state index >= 15 is 0 Å². The largest absolute Gasteiger partial charge is 0.460 e. The molecule has 0 unspecified atom stereocenters. The van der Waals surface area contributed by atoms with Gasteiger partial charge in [0, 0.05) is 17.4 Å². The number of hydrogen-bond acceptors (Lipinski definition) is 5. The predicted octanol–water partition coefficient (Wildman–Crippen LogP) is 5.35. The number of oxazole rings is 1. The van der Waals surface area contributed by atoms with Gasteiger partial charge in [-0.3, -0.25) is 4.79 Å². The summed E-state index contributed by atoms with van der Waals surface area (Å²) in [7, 11) is 0. The molecule has 5 aromatic rings. The maximum Gasteiger partial charge on any atom is 0.259 e. The van der Waals surface area contributed by atoms with Crippen LogP contribution in [0.2, 0.25) is 0 Å². The Morgan fingerprint density at radius 3 is 2.61 bits per heavy atom. The highest BCUT2D eigenvalue weighted by Gasteiger charge is 2.21. The Morgan fingerprint density at radius 2 is 1.87 bits per heavy atom. The summed E-state index contributed by atoms with van der Waals surface area (Å²) in [4.78, 5) is 17.2. The molecular formula is C24H18N4O3. The Morgan fingerprint density at radius 1 is 1.00 bits per heavy atom. The Bertz CT molecular complexity index is 1330. The lowest BCUT2D eigenvalue weighted by Gasteiger charge is -2.06. The fourth-order valence-corrected chi connectivity index (χ4v) is 3.30. The normalized spacial score (nSPS) is 10.9. The van der Waals surface area contributed by atoms with Crippen LogP contribution in [-0.2, 0) is 0 Å². The molecule has 1 amide bonds. The lowest BCUT2D eigenvalue weighted by molar-refractivity contribution is 0.102. The number of aromatic nitrogens is 3. The fourth-order valence-electron chi connectivity index (χ4n) is 3.30. The van der Waals surface area contributed by atoms with E-state index in [1.54, 1.807) is 17.1 Å². The summed E-state index contributed by atoms with van der Waals surface area (Å²) in [5.41, 5.74) is 3.17. The van der Waals surface area contributed by atoms with Crippen LogP contribution in [0, 0.1) is 6.92 Å². The number of para-hydroxylation sites is 1. The van der Waals surface area contributed by atoms with Crippen molar-refractivity contribution in [3.8, 4) is 28.5 Å². The number of anilines is 1. The van der Waals surface area contributed by atoms with Gasteiger partial charge in [0.25, 0.3) is 5.91 Å². The summed E-state index contributed by atoms with van der Waals surface area (Å²) in [6.07, 6.45) is 4.70. The highest BCUT2D eigenvalue weighted by Crippen LogP contribution is 2.27. The molecule has 0 aliphatic carbocycles. The summed E-state index contributed by atoms with van der Waals surface area (Å²) in [6.45, 7) is 1.85. The molecule has 31 heavy (non-hydrogen) atoms. The monoisotopic (exact) mass is 410 g/mol. The molecule has 0 atom stereocenters. The number of amides is 1. The Balaban J connectivity index is 1.51. The van der Waals surface area contributed by atoms with Crippen LogP contribution in [0.4, 0.5) is 5.69 Å². The molecule has 152 valence electrons. The van der Waals surface area contributed by atoms with Gasteiger partial charge in [-0.15, -0.1) is 0 Å².